The Morgan fingerprint density at radius 1 is 0.868 bits per heavy atom. The maximum Gasteiger partial charge on any atom is 0.251 e. The zero-order valence-corrected chi connectivity index (χ0v) is 23.0. The molecule has 4 aromatic carbocycles. The second-order valence-electron chi connectivity index (χ2n) is 9.89. The minimum absolute atomic E-state index is 0. The van der Waals surface area contributed by atoms with E-state index < -0.39 is 0 Å². The van der Waals surface area contributed by atoms with E-state index >= 15 is 0 Å². The van der Waals surface area contributed by atoms with Crippen LogP contribution in [-0.2, 0) is 0 Å². The van der Waals surface area contributed by atoms with Crippen LogP contribution in [0.2, 0.25) is 5.02 Å². The number of hydrogen-bond donors (Lipinski definition) is 2. The van der Waals surface area contributed by atoms with Crippen LogP contribution in [0.25, 0.3) is 21.9 Å². The minimum atomic E-state index is -0.0290. The van der Waals surface area contributed by atoms with Gasteiger partial charge in [-0.2, -0.15) is 0 Å². The average molecular weight is 550 g/mol. The Morgan fingerprint density at radius 2 is 1.53 bits per heavy atom. The average Bonchev–Trinajstić information content (AvgIpc) is 2.94. The summed E-state index contributed by atoms with van der Waals surface area (Å²) in [5.74, 6) is 0.830. The normalized spacial score (nSPS) is 14.2. The molecule has 0 spiro atoms. The Hall–Kier alpha value is -3.05. The predicted octanol–water partition coefficient (Wildman–Crippen LogP) is 7.68. The smallest absolute Gasteiger partial charge is 0.251 e. The van der Waals surface area contributed by atoms with Crippen molar-refractivity contribution in [3.8, 4) is 16.9 Å². The highest BCUT2D eigenvalue weighted by molar-refractivity contribution is 6.30. The monoisotopic (exact) mass is 548 g/mol. The van der Waals surface area contributed by atoms with Gasteiger partial charge in [-0.15, -0.1) is 12.4 Å². The molecule has 1 saturated heterocycles. The number of amides is 1. The third kappa shape index (κ3) is 6.68. The van der Waals surface area contributed by atoms with Crippen molar-refractivity contribution >= 4 is 40.7 Å². The van der Waals surface area contributed by atoms with Crippen LogP contribution in [0.4, 0.5) is 0 Å². The van der Waals surface area contributed by atoms with Gasteiger partial charge in [-0.3, -0.25) is 4.79 Å². The first-order chi connectivity index (χ1) is 18.1. The molecule has 1 fully saturated rings. The van der Waals surface area contributed by atoms with Crippen molar-refractivity contribution < 1.29 is 9.90 Å². The molecule has 1 aliphatic heterocycles. The molecule has 0 radical (unpaired) electrons. The van der Waals surface area contributed by atoms with Crippen LogP contribution in [0.1, 0.15) is 47.5 Å². The standard InChI is InChI=1S/C32H33ClN2O2.ClH/c33-28-14-11-24(12-15-28)23-7-9-27(10-8-23)32(37)34-19-3-4-20-35-21-17-26(18-22-35)30-16-13-25-5-1-2-6-29(25)31(30)36;/h1-2,5-16,26,36H,3-4,17-22H2,(H,34,37);1H. The van der Waals surface area contributed by atoms with Gasteiger partial charge in [-0.05, 0) is 97.6 Å². The summed E-state index contributed by atoms with van der Waals surface area (Å²) in [6, 6.07) is 27.6. The molecule has 6 heteroatoms. The van der Waals surface area contributed by atoms with E-state index in [1.165, 1.54) is 0 Å². The zero-order chi connectivity index (χ0) is 25.6. The van der Waals surface area contributed by atoms with Crippen molar-refractivity contribution in [3.63, 3.8) is 0 Å². The number of nitrogens with zero attached hydrogens (tertiary/aromatic N) is 1. The number of halogens is 2. The van der Waals surface area contributed by atoms with Gasteiger partial charge in [0, 0.05) is 22.5 Å². The number of phenols is 1. The van der Waals surface area contributed by atoms with Crippen molar-refractivity contribution in [2.24, 2.45) is 0 Å². The van der Waals surface area contributed by atoms with E-state index in [1.807, 2.05) is 72.8 Å². The molecule has 0 aliphatic carbocycles. The lowest BCUT2D eigenvalue weighted by atomic mass is 9.87. The number of carbonyl (C=O) groups is 1. The molecule has 0 saturated carbocycles. The second kappa shape index (κ2) is 13.1. The van der Waals surface area contributed by atoms with E-state index in [2.05, 4.69) is 22.3 Å². The molecule has 38 heavy (non-hydrogen) atoms. The highest BCUT2D eigenvalue weighted by Gasteiger charge is 2.23. The second-order valence-corrected chi connectivity index (χ2v) is 10.3. The van der Waals surface area contributed by atoms with Crippen molar-refractivity contribution in [3.05, 3.63) is 101 Å². The molecule has 5 rings (SSSR count). The Bertz CT molecular complexity index is 1350. The maximum absolute atomic E-state index is 12.5. The fraction of sp³-hybridized carbons (Fsp3) is 0.281. The van der Waals surface area contributed by atoms with Crippen LogP contribution >= 0.6 is 24.0 Å². The van der Waals surface area contributed by atoms with Gasteiger partial charge in [0.15, 0.2) is 0 Å². The van der Waals surface area contributed by atoms with Crippen molar-refractivity contribution in [2.45, 2.75) is 31.6 Å². The molecule has 0 unspecified atom stereocenters. The molecule has 1 aliphatic rings. The highest BCUT2D eigenvalue weighted by Crippen LogP contribution is 2.38. The lowest BCUT2D eigenvalue weighted by Crippen LogP contribution is -2.34. The summed E-state index contributed by atoms with van der Waals surface area (Å²) in [4.78, 5) is 15.0. The molecular formula is C32H34Cl2N2O2. The molecule has 0 aromatic heterocycles. The summed E-state index contributed by atoms with van der Waals surface area (Å²) in [5, 5.41) is 16.6. The Morgan fingerprint density at radius 3 is 2.24 bits per heavy atom. The summed E-state index contributed by atoms with van der Waals surface area (Å²) in [5.41, 5.74) is 3.90. The number of nitrogens with one attached hydrogen (secondary N) is 1. The Kier molecular flexibility index (Phi) is 9.68. The predicted molar refractivity (Wildman–Crippen MR) is 160 cm³/mol. The number of carbonyl (C=O) groups excluding carboxylic acids is 1. The van der Waals surface area contributed by atoms with Gasteiger partial charge >= 0.3 is 0 Å². The van der Waals surface area contributed by atoms with Gasteiger partial charge < -0.3 is 15.3 Å². The number of rotatable bonds is 8. The molecule has 2 N–H and O–H groups in total. The zero-order valence-electron chi connectivity index (χ0n) is 21.4. The molecule has 0 atom stereocenters. The molecule has 4 nitrogen and oxygen atoms in total. The number of fused-ring (bicyclic) bond motifs is 1. The van der Waals surface area contributed by atoms with E-state index in [4.69, 9.17) is 11.6 Å². The Labute approximate surface area is 236 Å². The van der Waals surface area contributed by atoms with Gasteiger partial charge in [0.1, 0.15) is 5.75 Å². The number of unbranched alkanes of at least 4 members (excludes halogenated alkanes) is 1. The highest BCUT2D eigenvalue weighted by atomic mass is 35.5. The van der Waals surface area contributed by atoms with E-state index in [1.54, 1.807) is 0 Å². The van der Waals surface area contributed by atoms with Crippen LogP contribution < -0.4 is 5.32 Å². The van der Waals surface area contributed by atoms with Gasteiger partial charge in [0.25, 0.3) is 5.91 Å². The molecule has 1 heterocycles. The third-order valence-electron chi connectivity index (χ3n) is 7.47. The quantitative estimate of drug-likeness (QED) is 0.222. The first-order valence-electron chi connectivity index (χ1n) is 13.2. The van der Waals surface area contributed by atoms with Crippen LogP contribution in [-0.4, -0.2) is 42.1 Å². The molecule has 4 aromatic rings. The number of phenolic OH excluding ortho intramolecular Hbond substituents is 1. The Balaban J connectivity index is 0.00000336. The summed E-state index contributed by atoms with van der Waals surface area (Å²) in [7, 11) is 0. The molecular weight excluding hydrogens is 515 g/mol. The molecule has 198 valence electrons. The van der Waals surface area contributed by atoms with Crippen LogP contribution in [0.5, 0.6) is 5.75 Å². The summed E-state index contributed by atoms with van der Waals surface area (Å²) < 4.78 is 0. The number of hydrogen-bond acceptors (Lipinski definition) is 3. The van der Waals surface area contributed by atoms with E-state index in [0.717, 1.165) is 72.8 Å². The van der Waals surface area contributed by atoms with Crippen molar-refractivity contribution in [1.82, 2.24) is 10.2 Å². The van der Waals surface area contributed by atoms with Gasteiger partial charge in [0.05, 0.1) is 0 Å². The van der Waals surface area contributed by atoms with Crippen LogP contribution in [0.3, 0.4) is 0 Å². The summed E-state index contributed by atoms with van der Waals surface area (Å²) >= 11 is 5.97. The fourth-order valence-corrected chi connectivity index (χ4v) is 5.42. The van der Waals surface area contributed by atoms with Crippen LogP contribution in [0, 0.1) is 0 Å². The first-order valence-corrected chi connectivity index (χ1v) is 13.5. The van der Waals surface area contributed by atoms with E-state index in [9.17, 15) is 9.90 Å². The van der Waals surface area contributed by atoms with E-state index in [-0.39, 0.29) is 18.3 Å². The number of likely N-dealkylation sites (tertiary alicyclic amines) is 1. The van der Waals surface area contributed by atoms with Gasteiger partial charge in [-0.1, -0.05) is 72.3 Å². The summed E-state index contributed by atoms with van der Waals surface area (Å²) in [6.07, 6.45) is 4.14. The maximum atomic E-state index is 12.5. The topological polar surface area (TPSA) is 52.6 Å². The van der Waals surface area contributed by atoms with Gasteiger partial charge in [0.2, 0.25) is 0 Å². The summed E-state index contributed by atoms with van der Waals surface area (Å²) in [6.45, 7) is 3.81. The van der Waals surface area contributed by atoms with Crippen molar-refractivity contribution in [1.29, 1.82) is 0 Å². The van der Waals surface area contributed by atoms with E-state index in [0.29, 0.717) is 28.8 Å². The van der Waals surface area contributed by atoms with Crippen molar-refractivity contribution in [2.75, 3.05) is 26.2 Å². The lowest BCUT2D eigenvalue weighted by molar-refractivity contribution is 0.0952. The number of aromatic hydroxyl groups is 1. The number of benzene rings is 4. The van der Waals surface area contributed by atoms with Crippen LogP contribution in [0.15, 0.2) is 84.9 Å². The molecule has 0 bridgehead atoms. The third-order valence-corrected chi connectivity index (χ3v) is 7.72. The number of piperidine rings is 1. The minimum Gasteiger partial charge on any atom is -0.507 e. The SMILES string of the molecule is Cl.O=C(NCCCCN1CCC(c2ccc3ccccc3c2O)CC1)c1ccc(-c2ccc(Cl)cc2)cc1. The largest absolute Gasteiger partial charge is 0.507 e. The molecule has 1 amide bonds. The first kappa shape index (κ1) is 28.0. The lowest BCUT2D eigenvalue weighted by Gasteiger charge is -2.32. The fourth-order valence-electron chi connectivity index (χ4n) is 5.29. The van der Waals surface area contributed by atoms with Gasteiger partial charge in [-0.25, -0.2) is 0 Å².